The molecular formula is C23H22BrN2O3+. The van der Waals surface area contributed by atoms with E-state index in [1.807, 2.05) is 72.0 Å². The number of hydrogen-bond donors (Lipinski definition) is 2. The molecular weight excluding hydrogens is 432 g/mol. The number of methoxy groups -OCH3 is 1. The molecule has 3 N–H and O–H groups in total. The van der Waals surface area contributed by atoms with Crippen molar-refractivity contribution >= 4 is 33.5 Å². The number of nitrogens with one attached hydrogen (secondary N) is 1. The van der Waals surface area contributed by atoms with Crippen molar-refractivity contribution in [3.05, 3.63) is 100 Å². The number of anilines is 1. The second kappa shape index (κ2) is 10.0. The molecule has 0 aromatic heterocycles. The van der Waals surface area contributed by atoms with Gasteiger partial charge in [-0.15, -0.1) is 0 Å². The minimum Gasteiger partial charge on any atom is -0.465 e. The van der Waals surface area contributed by atoms with E-state index in [1.54, 1.807) is 12.1 Å². The molecule has 3 aromatic rings. The lowest BCUT2D eigenvalue weighted by Crippen LogP contribution is -2.87. The Bertz CT molecular complexity index is 978. The Labute approximate surface area is 178 Å². The first-order valence-electron chi connectivity index (χ1n) is 9.19. The summed E-state index contributed by atoms with van der Waals surface area (Å²) in [7, 11) is 1.37. The number of amides is 1. The van der Waals surface area contributed by atoms with Crippen LogP contribution in [-0.2, 0) is 9.53 Å². The van der Waals surface area contributed by atoms with Crippen LogP contribution in [0.3, 0.4) is 0 Å². The number of ether oxygens (including phenoxy) is 1. The molecule has 0 aliphatic carbocycles. The van der Waals surface area contributed by atoms with E-state index >= 15 is 0 Å². The van der Waals surface area contributed by atoms with Crippen LogP contribution in [0.5, 0.6) is 0 Å². The number of benzene rings is 3. The van der Waals surface area contributed by atoms with Crippen molar-refractivity contribution in [2.45, 2.75) is 6.04 Å². The first-order chi connectivity index (χ1) is 14.1. The van der Waals surface area contributed by atoms with Gasteiger partial charge in [-0.2, -0.15) is 0 Å². The van der Waals surface area contributed by atoms with Crippen LogP contribution < -0.4 is 10.6 Å². The van der Waals surface area contributed by atoms with Gasteiger partial charge in [0.05, 0.1) is 12.8 Å². The Morgan fingerprint density at radius 2 is 1.66 bits per heavy atom. The lowest BCUT2D eigenvalue weighted by atomic mass is 9.96. The third-order valence-corrected chi connectivity index (χ3v) is 5.03. The van der Waals surface area contributed by atoms with E-state index in [4.69, 9.17) is 4.74 Å². The van der Waals surface area contributed by atoms with Crippen molar-refractivity contribution in [1.82, 2.24) is 0 Å². The minimum atomic E-state index is -0.309. The zero-order valence-electron chi connectivity index (χ0n) is 16.0. The SMILES string of the molecule is COC(=O)C[NH2+][C@@H](c1ccccc1)c1cc(Br)ccc1NC(=O)c1ccccc1. The Balaban J connectivity index is 1.97. The monoisotopic (exact) mass is 453 g/mol. The standard InChI is InChI=1S/C23H21BrN2O3/c1-29-21(27)15-25-22(16-8-4-2-5-9-16)19-14-18(24)12-13-20(19)26-23(28)17-10-6-3-7-11-17/h2-14,22,25H,15H2,1H3,(H,26,28)/p+1/t22-/m0/s1. The van der Waals surface area contributed by atoms with Gasteiger partial charge in [-0.1, -0.05) is 64.5 Å². The fraction of sp³-hybridized carbons (Fsp3) is 0.130. The van der Waals surface area contributed by atoms with E-state index in [0.717, 1.165) is 15.6 Å². The highest BCUT2D eigenvalue weighted by atomic mass is 79.9. The summed E-state index contributed by atoms with van der Waals surface area (Å²) in [5.74, 6) is -0.496. The quantitative estimate of drug-likeness (QED) is 0.537. The van der Waals surface area contributed by atoms with Crippen molar-refractivity contribution in [2.24, 2.45) is 0 Å². The van der Waals surface area contributed by atoms with Crippen LogP contribution in [0.15, 0.2) is 83.3 Å². The Morgan fingerprint density at radius 3 is 2.31 bits per heavy atom. The summed E-state index contributed by atoms with van der Waals surface area (Å²) >= 11 is 3.52. The summed E-state index contributed by atoms with van der Waals surface area (Å²) in [6.07, 6.45) is 0. The van der Waals surface area contributed by atoms with E-state index in [9.17, 15) is 9.59 Å². The topological polar surface area (TPSA) is 72.0 Å². The van der Waals surface area contributed by atoms with Gasteiger partial charge in [0.2, 0.25) is 0 Å². The highest BCUT2D eigenvalue weighted by Gasteiger charge is 2.23. The average molecular weight is 454 g/mol. The Hall–Kier alpha value is -2.96. The van der Waals surface area contributed by atoms with Gasteiger partial charge in [-0.25, -0.2) is 4.79 Å². The maximum atomic E-state index is 12.7. The Morgan fingerprint density at radius 1 is 1.00 bits per heavy atom. The molecule has 0 unspecified atom stereocenters. The number of halogens is 1. The summed E-state index contributed by atoms with van der Waals surface area (Å²) in [5, 5.41) is 4.91. The van der Waals surface area contributed by atoms with Crippen LogP contribution in [-0.4, -0.2) is 25.5 Å². The minimum absolute atomic E-state index is 0.161. The van der Waals surface area contributed by atoms with Crippen LogP contribution in [0.4, 0.5) is 5.69 Å². The maximum Gasteiger partial charge on any atom is 0.361 e. The molecule has 148 valence electrons. The van der Waals surface area contributed by atoms with Crippen molar-refractivity contribution in [2.75, 3.05) is 19.0 Å². The zero-order chi connectivity index (χ0) is 20.6. The van der Waals surface area contributed by atoms with Gasteiger partial charge in [-0.05, 0) is 30.3 Å². The van der Waals surface area contributed by atoms with Crippen LogP contribution in [0.25, 0.3) is 0 Å². The highest BCUT2D eigenvalue weighted by Crippen LogP contribution is 2.29. The molecule has 0 bridgehead atoms. The van der Waals surface area contributed by atoms with E-state index in [2.05, 4.69) is 21.2 Å². The number of carbonyl (C=O) groups is 2. The molecule has 1 atom stereocenters. The second-order valence-electron chi connectivity index (χ2n) is 6.46. The lowest BCUT2D eigenvalue weighted by molar-refractivity contribution is -0.677. The first-order valence-corrected chi connectivity index (χ1v) is 9.98. The van der Waals surface area contributed by atoms with Crippen molar-refractivity contribution < 1.29 is 19.6 Å². The lowest BCUT2D eigenvalue weighted by Gasteiger charge is -2.20. The van der Waals surface area contributed by atoms with Gasteiger partial charge in [0.15, 0.2) is 6.54 Å². The second-order valence-corrected chi connectivity index (χ2v) is 7.37. The van der Waals surface area contributed by atoms with E-state index < -0.39 is 0 Å². The van der Waals surface area contributed by atoms with Crippen molar-refractivity contribution in [3.8, 4) is 0 Å². The molecule has 0 fully saturated rings. The van der Waals surface area contributed by atoms with Gasteiger partial charge in [0.1, 0.15) is 6.04 Å². The zero-order valence-corrected chi connectivity index (χ0v) is 17.6. The normalized spacial score (nSPS) is 11.5. The summed E-state index contributed by atoms with van der Waals surface area (Å²) in [4.78, 5) is 24.5. The molecule has 1 amide bonds. The third-order valence-electron chi connectivity index (χ3n) is 4.54. The summed E-state index contributed by atoms with van der Waals surface area (Å²) < 4.78 is 5.69. The molecule has 5 nitrogen and oxygen atoms in total. The van der Waals surface area contributed by atoms with Gasteiger partial charge in [0.25, 0.3) is 5.91 Å². The largest absolute Gasteiger partial charge is 0.465 e. The van der Waals surface area contributed by atoms with E-state index in [1.165, 1.54) is 7.11 Å². The summed E-state index contributed by atoms with van der Waals surface area (Å²) in [6, 6.07) is 24.4. The van der Waals surface area contributed by atoms with Crippen LogP contribution >= 0.6 is 15.9 Å². The molecule has 0 spiro atoms. The van der Waals surface area contributed by atoms with Crippen LogP contribution in [0.2, 0.25) is 0 Å². The first kappa shape index (κ1) is 20.8. The number of esters is 1. The predicted molar refractivity (Wildman–Crippen MR) is 116 cm³/mol. The molecule has 29 heavy (non-hydrogen) atoms. The summed E-state index contributed by atoms with van der Waals surface area (Å²) in [5.41, 5.74) is 3.18. The van der Waals surface area contributed by atoms with Crippen molar-refractivity contribution in [1.29, 1.82) is 0 Å². The van der Waals surface area contributed by atoms with Crippen LogP contribution in [0.1, 0.15) is 27.5 Å². The molecule has 3 aromatic carbocycles. The third kappa shape index (κ3) is 5.53. The smallest absolute Gasteiger partial charge is 0.361 e. The molecule has 0 saturated carbocycles. The number of hydrogen-bond acceptors (Lipinski definition) is 3. The van der Waals surface area contributed by atoms with Gasteiger partial charge in [-0.3, -0.25) is 4.79 Å². The molecule has 0 aliphatic rings. The van der Waals surface area contributed by atoms with E-state index in [0.29, 0.717) is 11.3 Å². The molecule has 0 radical (unpaired) electrons. The highest BCUT2D eigenvalue weighted by molar-refractivity contribution is 9.10. The van der Waals surface area contributed by atoms with Gasteiger partial charge in [0, 0.05) is 21.2 Å². The Kier molecular flexibility index (Phi) is 7.16. The van der Waals surface area contributed by atoms with Crippen LogP contribution in [0, 0.1) is 0 Å². The van der Waals surface area contributed by atoms with Crippen molar-refractivity contribution in [3.63, 3.8) is 0 Å². The molecule has 6 heteroatoms. The van der Waals surface area contributed by atoms with Gasteiger partial charge < -0.3 is 15.4 Å². The fourth-order valence-corrected chi connectivity index (χ4v) is 3.47. The number of nitrogens with two attached hydrogens (primary N) is 1. The molecule has 0 saturated heterocycles. The molecule has 0 heterocycles. The van der Waals surface area contributed by atoms with E-state index in [-0.39, 0.29) is 24.5 Å². The number of quaternary nitrogens is 1. The number of rotatable bonds is 7. The number of carbonyl (C=O) groups excluding carboxylic acids is 2. The maximum absolute atomic E-state index is 12.7. The predicted octanol–water partition coefficient (Wildman–Crippen LogP) is 3.53. The fourth-order valence-electron chi connectivity index (χ4n) is 3.09. The molecule has 3 rings (SSSR count). The molecule has 0 aliphatic heterocycles. The average Bonchev–Trinajstić information content (AvgIpc) is 2.76. The van der Waals surface area contributed by atoms with Gasteiger partial charge >= 0.3 is 5.97 Å². The summed E-state index contributed by atoms with van der Waals surface area (Å²) in [6.45, 7) is 0.161.